The zero-order chi connectivity index (χ0) is 14.1. The number of piperidine rings is 1. The number of furan rings is 1. The van der Waals surface area contributed by atoms with E-state index in [-0.39, 0.29) is 0 Å². The molecular weight excluding hydrogens is 252 g/mol. The summed E-state index contributed by atoms with van der Waals surface area (Å²) >= 11 is 0. The molecule has 4 heteroatoms. The topological polar surface area (TPSA) is 45.5 Å². The molecule has 2 aliphatic rings. The third-order valence-corrected chi connectivity index (χ3v) is 4.64. The molecule has 1 saturated carbocycles. The predicted molar refractivity (Wildman–Crippen MR) is 77.2 cm³/mol. The number of nitrogens with one attached hydrogen (secondary N) is 1. The summed E-state index contributed by atoms with van der Waals surface area (Å²) in [6.45, 7) is 6.88. The van der Waals surface area contributed by atoms with E-state index in [1.807, 2.05) is 6.07 Å². The Bertz CT molecular complexity index is 479. The predicted octanol–water partition coefficient (Wildman–Crippen LogP) is 2.32. The Morgan fingerprint density at radius 2 is 2.25 bits per heavy atom. The lowest BCUT2D eigenvalue weighted by molar-refractivity contribution is -0.134. The summed E-state index contributed by atoms with van der Waals surface area (Å²) in [6, 6.07) is 2.47. The SMILES string of the molecule is Cc1ccoc1CNC1CCN(C(=O)C2CC2)CC1C. The third-order valence-electron chi connectivity index (χ3n) is 4.64. The summed E-state index contributed by atoms with van der Waals surface area (Å²) < 4.78 is 5.46. The van der Waals surface area contributed by atoms with Crippen molar-refractivity contribution in [2.45, 2.75) is 45.7 Å². The number of carbonyl (C=O) groups excluding carboxylic acids is 1. The van der Waals surface area contributed by atoms with Gasteiger partial charge in [-0.05, 0) is 43.7 Å². The first-order chi connectivity index (χ1) is 9.65. The minimum absolute atomic E-state index is 0.345. The maximum absolute atomic E-state index is 12.1. The van der Waals surface area contributed by atoms with Gasteiger partial charge in [-0.3, -0.25) is 4.79 Å². The van der Waals surface area contributed by atoms with E-state index in [0.717, 1.165) is 44.7 Å². The number of nitrogens with zero attached hydrogens (tertiary/aromatic N) is 1. The van der Waals surface area contributed by atoms with Crippen LogP contribution in [0.1, 0.15) is 37.5 Å². The zero-order valence-electron chi connectivity index (χ0n) is 12.4. The Hall–Kier alpha value is -1.29. The first kappa shape index (κ1) is 13.7. The van der Waals surface area contributed by atoms with Gasteiger partial charge in [-0.1, -0.05) is 6.92 Å². The molecule has 1 aliphatic carbocycles. The number of amides is 1. The molecule has 1 saturated heterocycles. The van der Waals surface area contributed by atoms with Crippen LogP contribution in [0.5, 0.6) is 0 Å². The Labute approximate surface area is 120 Å². The lowest BCUT2D eigenvalue weighted by Crippen LogP contribution is -2.50. The van der Waals surface area contributed by atoms with Gasteiger partial charge in [0.25, 0.3) is 0 Å². The molecule has 2 heterocycles. The minimum atomic E-state index is 0.345. The number of carbonyl (C=O) groups is 1. The van der Waals surface area contributed by atoms with Crippen LogP contribution in [0, 0.1) is 18.8 Å². The minimum Gasteiger partial charge on any atom is -0.468 e. The van der Waals surface area contributed by atoms with Gasteiger partial charge in [-0.15, -0.1) is 0 Å². The summed E-state index contributed by atoms with van der Waals surface area (Å²) in [7, 11) is 0. The maximum Gasteiger partial charge on any atom is 0.225 e. The molecule has 1 amide bonds. The number of rotatable bonds is 4. The molecule has 2 fully saturated rings. The number of aryl methyl sites for hydroxylation is 1. The molecule has 110 valence electrons. The molecule has 20 heavy (non-hydrogen) atoms. The van der Waals surface area contributed by atoms with E-state index >= 15 is 0 Å². The van der Waals surface area contributed by atoms with Crippen molar-refractivity contribution in [3.05, 3.63) is 23.7 Å². The van der Waals surface area contributed by atoms with Gasteiger partial charge in [-0.2, -0.15) is 0 Å². The van der Waals surface area contributed by atoms with Crippen LogP contribution in [0.4, 0.5) is 0 Å². The van der Waals surface area contributed by atoms with Crippen LogP contribution >= 0.6 is 0 Å². The summed E-state index contributed by atoms with van der Waals surface area (Å²) in [6.07, 6.45) is 4.98. The number of hydrogen-bond donors (Lipinski definition) is 1. The first-order valence-corrected chi connectivity index (χ1v) is 7.70. The van der Waals surface area contributed by atoms with E-state index in [9.17, 15) is 4.79 Å². The second-order valence-corrected chi connectivity index (χ2v) is 6.34. The van der Waals surface area contributed by atoms with Crippen molar-refractivity contribution < 1.29 is 9.21 Å². The largest absolute Gasteiger partial charge is 0.468 e. The number of likely N-dealkylation sites (tertiary alicyclic amines) is 1. The van der Waals surface area contributed by atoms with E-state index in [4.69, 9.17) is 4.42 Å². The molecule has 4 nitrogen and oxygen atoms in total. The van der Waals surface area contributed by atoms with E-state index < -0.39 is 0 Å². The molecule has 0 radical (unpaired) electrons. The summed E-state index contributed by atoms with van der Waals surface area (Å²) in [5.41, 5.74) is 1.20. The molecule has 3 rings (SSSR count). The molecule has 1 aromatic rings. The van der Waals surface area contributed by atoms with Crippen molar-refractivity contribution in [1.82, 2.24) is 10.2 Å². The van der Waals surface area contributed by atoms with Gasteiger partial charge < -0.3 is 14.6 Å². The molecule has 1 N–H and O–H groups in total. The highest BCUT2D eigenvalue weighted by atomic mass is 16.3. The van der Waals surface area contributed by atoms with Gasteiger partial charge in [-0.25, -0.2) is 0 Å². The van der Waals surface area contributed by atoms with Gasteiger partial charge in [0.15, 0.2) is 0 Å². The van der Waals surface area contributed by atoms with Crippen LogP contribution < -0.4 is 5.32 Å². The van der Waals surface area contributed by atoms with Crippen LogP contribution in [0.25, 0.3) is 0 Å². The molecule has 1 aliphatic heterocycles. The highest BCUT2D eigenvalue weighted by Gasteiger charge is 2.36. The van der Waals surface area contributed by atoms with Gasteiger partial charge in [0.05, 0.1) is 12.8 Å². The Morgan fingerprint density at radius 1 is 1.45 bits per heavy atom. The average Bonchev–Trinajstić information content (AvgIpc) is 3.20. The van der Waals surface area contributed by atoms with E-state index in [2.05, 4.69) is 24.1 Å². The van der Waals surface area contributed by atoms with Crippen LogP contribution in [0.15, 0.2) is 16.7 Å². The van der Waals surface area contributed by atoms with Crippen molar-refractivity contribution in [2.75, 3.05) is 13.1 Å². The van der Waals surface area contributed by atoms with Gasteiger partial charge in [0.2, 0.25) is 5.91 Å². The lowest BCUT2D eigenvalue weighted by atomic mass is 9.93. The van der Waals surface area contributed by atoms with E-state index in [1.54, 1.807) is 6.26 Å². The first-order valence-electron chi connectivity index (χ1n) is 7.70. The quantitative estimate of drug-likeness (QED) is 0.918. The number of hydrogen-bond acceptors (Lipinski definition) is 3. The lowest BCUT2D eigenvalue weighted by Gasteiger charge is -2.37. The highest BCUT2D eigenvalue weighted by molar-refractivity contribution is 5.81. The summed E-state index contributed by atoms with van der Waals surface area (Å²) in [5, 5.41) is 3.59. The summed E-state index contributed by atoms with van der Waals surface area (Å²) in [4.78, 5) is 14.2. The molecular formula is C16H24N2O2. The molecule has 0 aromatic carbocycles. The fourth-order valence-corrected chi connectivity index (χ4v) is 3.05. The van der Waals surface area contributed by atoms with Gasteiger partial charge in [0, 0.05) is 25.0 Å². The highest BCUT2D eigenvalue weighted by Crippen LogP contribution is 2.32. The van der Waals surface area contributed by atoms with Crippen LogP contribution in [0.3, 0.4) is 0 Å². The molecule has 0 spiro atoms. The molecule has 0 bridgehead atoms. The molecule has 1 aromatic heterocycles. The second-order valence-electron chi connectivity index (χ2n) is 6.34. The normalized spacial score (nSPS) is 26.8. The Balaban J connectivity index is 1.50. The van der Waals surface area contributed by atoms with Crippen LogP contribution in [0.2, 0.25) is 0 Å². The monoisotopic (exact) mass is 276 g/mol. The third kappa shape index (κ3) is 2.90. The molecule has 2 unspecified atom stereocenters. The van der Waals surface area contributed by atoms with E-state index in [0.29, 0.717) is 23.8 Å². The van der Waals surface area contributed by atoms with Crippen molar-refractivity contribution in [3.8, 4) is 0 Å². The smallest absolute Gasteiger partial charge is 0.225 e. The molecule has 2 atom stereocenters. The zero-order valence-corrected chi connectivity index (χ0v) is 12.4. The second kappa shape index (κ2) is 5.60. The van der Waals surface area contributed by atoms with Gasteiger partial charge in [0.1, 0.15) is 5.76 Å². The maximum atomic E-state index is 12.1. The van der Waals surface area contributed by atoms with Crippen LogP contribution in [-0.4, -0.2) is 29.9 Å². The van der Waals surface area contributed by atoms with Crippen molar-refractivity contribution in [1.29, 1.82) is 0 Å². The van der Waals surface area contributed by atoms with Crippen molar-refractivity contribution >= 4 is 5.91 Å². The average molecular weight is 276 g/mol. The van der Waals surface area contributed by atoms with E-state index in [1.165, 1.54) is 5.56 Å². The van der Waals surface area contributed by atoms with Crippen molar-refractivity contribution in [2.24, 2.45) is 11.8 Å². The van der Waals surface area contributed by atoms with Crippen LogP contribution in [-0.2, 0) is 11.3 Å². The Kier molecular flexibility index (Phi) is 3.83. The Morgan fingerprint density at radius 3 is 2.85 bits per heavy atom. The fraction of sp³-hybridized carbons (Fsp3) is 0.688. The van der Waals surface area contributed by atoms with Crippen molar-refractivity contribution in [3.63, 3.8) is 0 Å². The fourth-order valence-electron chi connectivity index (χ4n) is 3.05. The standard InChI is InChI=1S/C16H24N2O2/c1-11-6-8-20-15(11)9-17-14-5-7-18(10-12(14)2)16(19)13-3-4-13/h6,8,12-14,17H,3-5,7,9-10H2,1-2H3. The summed E-state index contributed by atoms with van der Waals surface area (Å²) in [5.74, 6) is 2.25. The van der Waals surface area contributed by atoms with Gasteiger partial charge >= 0.3 is 0 Å².